The lowest BCUT2D eigenvalue weighted by molar-refractivity contribution is 0.122. The van der Waals surface area contributed by atoms with E-state index in [0.29, 0.717) is 37.3 Å². The Kier molecular flexibility index (Phi) is 5.05. The van der Waals surface area contributed by atoms with E-state index in [2.05, 4.69) is 51.2 Å². The largest absolute Gasteiger partial charge is 0.378 e. The molecule has 11 heteroatoms. The van der Waals surface area contributed by atoms with Crippen LogP contribution in [-0.2, 0) is 11.3 Å². The number of aromatic nitrogens is 6. The van der Waals surface area contributed by atoms with Gasteiger partial charge in [0, 0.05) is 13.1 Å². The highest BCUT2D eigenvalue weighted by atomic mass is 79.9. The highest BCUT2D eigenvalue weighted by Crippen LogP contribution is 2.23. The number of morpholine rings is 1. The van der Waals surface area contributed by atoms with Crippen LogP contribution in [-0.4, -0.2) is 55.9 Å². The van der Waals surface area contributed by atoms with Gasteiger partial charge in [0.1, 0.15) is 11.6 Å². The van der Waals surface area contributed by atoms with Crippen LogP contribution in [0, 0.1) is 5.82 Å². The highest BCUT2D eigenvalue weighted by Gasteiger charge is 2.18. The zero-order valence-electron chi connectivity index (χ0n) is 15.8. The van der Waals surface area contributed by atoms with Gasteiger partial charge in [0.25, 0.3) is 0 Å². The summed E-state index contributed by atoms with van der Waals surface area (Å²) in [5, 5.41) is 7.64. The molecule has 0 radical (unpaired) electrons. The number of aromatic amines is 1. The molecule has 1 fully saturated rings. The molecule has 0 bridgehead atoms. The second-order valence-corrected chi connectivity index (χ2v) is 7.63. The van der Waals surface area contributed by atoms with E-state index in [1.807, 2.05) is 0 Å². The van der Waals surface area contributed by atoms with Gasteiger partial charge in [-0.15, -0.1) is 0 Å². The smallest absolute Gasteiger partial charge is 0.230 e. The second kappa shape index (κ2) is 8.00. The van der Waals surface area contributed by atoms with E-state index in [1.54, 1.807) is 29.0 Å². The summed E-state index contributed by atoms with van der Waals surface area (Å²) in [6.07, 6.45) is 3.42. The number of nitrogens with one attached hydrogen (secondary N) is 2. The Labute approximate surface area is 179 Å². The summed E-state index contributed by atoms with van der Waals surface area (Å²) in [5.41, 5.74) is 2.36. The molecule has 1 aliphatic heterocycles. The molecule has 5 rings (SSSR count). The molecule has 4 aromatic rings. The first-order valence-electron chi connectivity index (χ1n) is 9.45. The fourth-order valence-corrected chi connectivity index (χ4v) is 3.60. The molecule has 9 nitrogen and oxygen atoms in total. The number of anilines is 2. The molecule has 3 aromatic heterocycles. The Hall–Kier alpha value is -3.05. The minimum absolute atomic E-state index is 0.269. The van der Waals surface area contributed by atoms with Crippen molar-refractivity contribution in [3.63, 3.8) is 0 Å². The maximum atomic E-state index is 13.1. The Balaban J connectivity index is 1.39. The lowest BCUT2D eigenvalue weighted by Gasteiger charge is -2.27. The average molecular weight is 473 g/mol. The van der Waals surface area contributed by atoms with Crippen LogP contribution < -0.4 is 10.2 Å². The van der Waals surface area contributed by atoms with E-state index in [9.17, 15) is 4.39 Å². The van der Waals surface area contributed by atoms with Gasteiger partial charge < -0.3 is 19.9 Å². The lowest BCUT2D eigenvalue weighted by Crippen LogP contribution is -2.37. The zero-order valence-corrected chi connectivity index (χ0v) is 17.4. The topological polar surface area (TPSA) is 96.3 Å². The van der Waals surface area contributed by atoms with Crippen molar-refractivity contribution >= 4 is 33.5 Å². The maximum absolute atomic E-state index is 13.1. The van der Waals surface area contributed by atoms with Gasteiger partial charge >= 0.3 is 0 Å². The molecule has 2 N–H and O–H groups in total. The van der Waals surface area contributed by atoms with Crippen molar-refractivity contribution in [3.05, 3.63) is 52.8 Å². The maximum Gasteiger partial charge on any atom is 0.230 e. The van der Waals surface area contributed by atoms with Crippen LogP contribution in [0.15, 0.2) is 41.1 Å². The normalized spacial score (nSPS) is 14.4. The van der Waals surface area contributed by atoms with Gasteiger partial charge in [-0.1, -0.05) is 0 Å². The monoisotopic (exact) mass is 472 g/mol. The van der Waals surface area contributed by atoms with Crippen molar-refractivity contribution in [1.29, 1.82) is 0 Å². The number of imidazole rings is 1. The molecular formula is C19H18BrFN8O. The van der Waals surface area contributed by atoms with Crippen LogP contribution in [0.2, 0.25) is 0 Å². The van der Waals surface area contributed by atoms with Crippen LogP contribution in [0.25, 0.3) is 16.9 Å². The van der Waals surface area contributed by atoms with Crippen LogP contribution >= 0.6 is 15.9 Å². The summed E-state index contributed by atoms with van der Waals surface area (Å²) < 4.78 is 21.0. The number of H-pyrrole nitrogens is 1. The highest BCUT2D eigenvalue weighted by molar-refractivity contribution is 9.10. The van der Waals surface area contributed by atoms with Crippen LogP contribution in [0.3, 0.4) is 0 Å². The predicted octanol–water partition coefficient (Wildman–Crippen LogP) is 2.86. The van der Waals surface area contributed by atoms with Crippen LogP contribution in [0.1, 0.15) is 5.82 Å². The number of hydrogen-bond donors (Lipinski definition) is 2. The van der Waals surface area contributed by atoms with Crippen molar-refractivity contribution in [2.75, 3.05) is 36.5 Å². The summed E-state index contributed by atoms with van der Waals surface area (Å²) in [4.78, 5) is 19.1. The van der Waals surface area contributed by atoms with Gasteiger partial charge in [-0.25, -0.2) is 9.37 Å². The third-order valence-corrected chi connectivity index (χ3v) is 5.36. The van der Waals surface area contributed by atoms with Crippen molar-refractivity contribution in [2.24, 2.45) is 0 Å². The number of halogens is 2. The average Bonchev–Trinajstić information content (AvgIpc) is 3.40. The van der Waals surface area contributed by atoms with E-state index in [-0.39, 0.29) is 5.82 Å². The molecule has 0 saturated carbocycles. The Morgan fingerprint density at radius 1 is 1.13 bits per heavy atom. The summed E-state index contributed by atoms with van der Waals surface area (Å²) in [6.45, 7) is 3.18. The number of rotatable bonds is 5. The van der Waals surface area contributed by atoms with Crippen LogP contribution in [0.4, 0.5) is 16.3 Å². The summed E-state index contributed by atoms with van der Waals surface area (Å²) in [7, 11) is 0. The quantitative estimate of drug-likeness (QED) is 0.460. The fourth-order valence-electron chi connectivity index (χ4n) is 3.25. The summed E-state index contributed by atoms with van der Waals surface area (Å²) in [6, 6.07) is 6.27. The third-order valence-electron chi connectivity index (χ3n) is 4.80. The molecule has 0 unspecified atom stereocenters. The van der Waals surface area contributed by atoms with E-state index in [1.165, 1.54) is 12.1 Å². The van der Waals surface area contributed by atoms with Gasteiger partial charge in [0.05, 0.1) is 42.3 Å². The number of hydrogen-bond acceptors (Lipinski definition) is 7. The number of ether oxygens (including phenoxy) is 1. The van der Waals surface area contributed by atoms with Crippen molar-refractivity contribution < 1.29 is 9.13 Å². The van der Waals surface area contributed by atoms with Gasteiger partial charge in [-0.2, -0.15) is 19.6 Å². The lowest BCUT2D eigenvalue weighted by atomic mass is 10.2. The van der Waals surface area contributed by atoms with Gasteiger partial charge in [0.2, 0.25) is 11.9 Å². The Bertz CT molecular complexity index is 1170. The Morgan fingerprint density at radius 3 is 2.73 bits per heavy atom. The van der Waals surface area contributed by atoms with Crippen molar-refractivity contribution in [1.82, 2.24) is 29.5 Å². The SMILES string of the molecule is Fc1ccc(-c2cnc(CNc3nc(N4CCOCC4)nc4c(Br)cnn34)[nH]2)cc1. The molecule has 0 spiro atoms. The number of fused-ring (bicyclic) bond motifs is 1. The zero-order chi connectivity index (χ0) is 20.5. The molecule has 0 aliphatic carbocycles. The summed E-state index contributed by atoms with van der Waals surface area (Å²) >= 11 is 3.50. The number of nitrogens with zero attached hydrogens (tertiary/aromatic N) is 6. The standard InChI is InChI=1S/C19H18BrFN8O/c20-14-9-24-29-17(14)26-19(28-5-7-30-8-6-28)27-18(29)23-11-16-22-10-15(25-16)12-1-3-13(21)4-2-12/h1-4,9-10H,5-8,11H2,(H,22,25)(H,23,26,27). The molecule has 0 atom stereocenters. The van der Waals surface area contributed by atoms with Gasteiger partial charge in [0.15, 0.2) is 5.65 Å². The predicted molar refractivity (Wildman–Crippen MR) is 113 cm³/mol. The first-order chi connectivity index (χ1) is 14.7. The van der Waals surface area contributed by atoms with Gasteiger partial charge in [-0.3, -0.25) is 0 Å². The molecular weight excluding hydrogens is 455 g/mol. The minimum atomic E-state index is -0.269. The fraction of sp³-hybridized carbons (Fsp3) is 0.263. The van der Waals surface area contributed by atoms with Crippen molar-refractivity contribution in [2.45, 2.75) is 6.54 Å². The first-order valence-corrected chi connectivity index (χ1v) is 10.2. The molecule has 1 saturated heterocycles. The second-order valence-electron chi connectivity index (χ2n) is 6.78. The van der Waals surface area contributed by atoms with E-state index < -0.39 is 0 Å². The van der Waals surface area contributed by atoms with Gasteiger partial charge in [-0.05, 0) is 45.8 Å². The molecule has 30 heavy (non-hydrogen) atoms. The van der Waals surface area contributed by atoms with E-state index >= 15 is 0 Å². The molecule has 4 heterocycles. The minimum Gasteiger partial charge on any atom is -0.378 e. The van der Waals surface area contributed by atoms with Crippen LogP contribution in [0.5, 0.6) is 0 Å². The Morgan fingerprint density at radius 2 is 1.93 bits per heavy atom. The summed E-state index contributed by atoms with van der Waals surface area (Å²) in [5.74, 6) is 1.64. The molecule has 1 aromatic carbocycles. The van der Waals surface area contributed by atoms with E-state index in [4.69, 9.17) is 4.74 Å². The van der Waals surface area contributed by atoms with Crippen molar-refractivity contribution in [3.8, 4) is 11.3 Å². The third kappa shape index (κ3) is 3.73. The molecule has 0 amide bonds. The first kappa shape index (κ1) is 18.9. The number of benzene rings is 1. The molecule has 154 valence electrons. The van der Waals surface area contributed by atoms with E-state index in [0.717, 1.165) is 34.6 Å². The molecule has 1 aliphatic rings.